The largest absolute Gasteiger partial charge is 1.00 e. The van der Waals surface area contributed by atoms with Gasteiger partial charge in [0.1, 0.15) is 0 Å². The first-order valence-corrected chi connectivity index (χ1v) is 13.1. The number of carboxylic acids is 1. The standard InChI is InChI=1S/C22H40O8S.Na/c1-2-3-4-5-6-7-8-9-10-11-12-13-14-15-16-17-21(25)30-22(26)19(18-20(23)24)31(27,28)29;/h19H,2-18H2,1H3,(H,23,24)(H,27,28,29);/q;+1/p-1. The van der Waals surface area contributed by atoms with Crippen LogP contribution in [0.3, 0.4) is 0 Å². The van der Waals surface area contributed by atoms with Crippen LogP contribution in [0.4, 0.5) is 0 Å². The van der Waals surface area contributed by atoms with Gasteiger partial charge in [-0.2, -0.15) is 8.42 Å². The molecule has 0 fully saturated rings. The summed E-state index contributed by atoms with van der Waals surface area (Å²) in [7, 11) is -5.00. The van der Waals surface area contributed by atoms with Crippen LogP contribution in [0.15, 0.2) is 0 Å². The van der Waals surface area contributed by atoms with Crippen molar-refractivity contribution in [2.45, 2.75) is 121 Å². The summed E-state index contributed by atoms with van der Waals surface area (Å²) in [5.74, 6) is -4.39. The van der Waals surface area contributed by atoms with Crippen molar-refractivity contribution in [2.75, 3.05) is 0 Å². The Balaban J connectivity index is 0. The van der Waals surface area contributed by atoms with Crippen molar-refractivity contribution in [1.82, 2.24) is 0 Å². The maximum Gasteiger partial charge on any atom is 1.00 e. The molecule has 0 aliphatic rings. The van der Waals surface area contributed by atoms with Crippen LogP contribution in [0.5, 0.6) is 0 Å². The fourth-order valence-electron chi connectivity index (χ4n) is 3.33. The third-order valence-electron chi connectivity index (χ3n) is 5.17. The van der Waals surface area contributed by atoms with Crippen LogP contribution >= 0.6 is 0 Å². The van der Waals surface area contributed by atoms with Gasteiger partial charge < -0.3 is 14.6 Å². The van der Waals surface area contributed by atoms with E-state index in [1.807, 2.05) is 0 Å². The van der Waals surface area contributed by atoms with Gasteiger partial charge in [-0.3, -0.25) is 14.1 Å². The predicted molar refractivity (Wildman–Crippen MR) is 116 cm³/mol. The number of ether oxygens (including phenoxy) is 1. The van der Waals surface area contributed by atoms with Gasteiger partial charge in [0.25, 0.3) is 10.1 Å². The van der Waals surface area contributed by atoms with Gasteiger partial charge in [-0.05, 0) is 6.42 Å². The van der Waals surface area contributed by atoms with E-state index in [1.54, 1.807) is 0 Å². The Hall–Kier alpha value is -0.480. The molecular weight excluding hydrogens is 447 g/mol. The van der Waals surface area contributed by atoms with Crippen LogP contribution in [0.1, 0.15) is 116 Å². The van der Waals surface area contributed by atoms with Gasteiger partial charge in [0.15, 0.2) is 5.25 Å². The van der Waals surface area contributed by atoms with Crippen molar-refractivity contribution < 1.29 is 66.8 Å². The molecule has 0 saturated heterocycles. The fourth-order valence-corrected chi connectivity index (χ4v) is 3.97. The molecule has 1 atom stereocenters. The molecule has 8 nitrogen and oxygen atoms in total. The molecule has 1 unspecified atom stereocenters. The van der Waals surface area contributed by atoms with Crippen molar-refractivity contribution in [3.05, 3.63) is 0 Å². The van der Waals surface area contributed by atoms with E-state index in [1.165, 1.54) is 64.2 Å². The maximum absolute atomic E-state index is 11.6. The summed E-state index contributed by atoms with van der Waals surface area (Å²) >= 11 is 0. The van der Waals surface area contributed by atoms with Crippen molar-refractivity contribution in [3.8, 4) is 0 Å². The maximum atomic E-state index is 11.6. The SMILES string of the molecule is CCCCCCCCCCCCCCCCCC(=O)OC(=O)C(CC(=O)[O-])S(=O)(=O)O.[Na+]. The summed E-state index contributed by atoms with van der Waals surface area (Å²) in [6.45, 7) is 2.23. The van der Waals surface area contributed by atoms with Crippen LogP contribution in [-0.4, -0.2) is 36.1 Å². The van der Waals surface area contributed by atoms with E-state index in [0.29, 0.717) is 6.42 Å². The normalized spacial score (nSPS) is 12.1. The van der Waals surface area contributed by atoms with Crippen LogP contribution in [0.25, 0.3) is 0 Å². The topological polar surface area (TPSA) is 138 Å². The number of rotatable bonds is 20. The minimum Gasteiger partial charge on any atom is -0.550 e. The Bertz CT molecular complexity index is 621. The molecule has 0 bridgehead atoms. The van der Waals surface area contributed by atoms with E-state index in [4.69, 9.17) is 4.55 Å². The van der Waals surface area contributed by atoms with Gasteiger partial charge in [0, 0.05) is 18.8 Å². The average molecular weight is 487 g/mol. The summed E-state index contributed by atoms with van der Waals surface area (Å²) in [6.07, 6.45) is 16.2. The second-order valence-electron chi connectivity index (χ2n) is 8.07. The quantitative estimate of drug-likeness (QED) is 0.0873. The molecule has 0 aromatic carbocycles. The van der Waals surface area contributed by atoms with Gasteiger partial charge in [-0.1, -0.05) is 96.8 Å². The smallest absolute Gasteiger partial charge is 0.550 e. The Morgan fingerprint density at radius 3 is 1.50 bits per heavy atom. The Labute approximate surface area is 215 Å². The number of aliphatic carboxylic acids is 1. The number of hydrogen-bond acceptors (Lipinski definition) is 7. The molecule has 182 valence electrons. The zero-order chi connectivity index (χ0) is 23.5. The second-order valence-corrected chi connectivity index (χ2v) is 9.67. The third kappa shape index (κ3) is 20.1. The van der Waals surface area contributed by atoms with Gasteiger partial charge in [0.05, 0.1) is 0 Å². The molecule has 32 heavy (non-hydrogen) atoms. The number of carboxylic acid groups (broad SMARTS) is 1. The average Bonchev–Trinajstić information content (AvgIpc) is 2.68. The second kappa shape index (κ2) is 21.1. The minimum atomic E-state index is -5.00. The third-order valence-corrected chi connectivity index (χ3v) is 6.25. The summed E-state index contributed by atoms with van der Waals surface area (Å²) < 4.78 is 35.3. The van der Waals surface area contributed by atoms with E-state index >= 15 is 0 Å². The van der Waals surface area contributed by atoms with Crippen molar-refractivity contribution in [1.29, 1.82) is 0 Å². The Morgan fingerprint density at radius 1 is 0.781 bits per heavy atom. The predicted octanol–water partition coefficient (Wildman–Crippen LogP) is 0.718. The van der Waals surface area contributed by atoms with Crippen molar-refractivity contribution in [2.24, 2.45) is 0 Å². The van der Waals surface area contributed by atoms with E-state index in [9.17, 15) is 27.9 Å². The minimum absolute atomic E-state index is 0. The van der Waals surface area contributed by atoms with Crippen LogP contribution < -0.4 is 34.7 Å². The van der Waals surface area contributed by atoms with E-state index in [-0.39, 0.29) is 36.0 Å². The molecule has 1 N–H and O–H groups in total. The van der Waals surface area contributed by atoms with Crippen LogP contribution in [0.2, 0.25) is 0 Å². The first-order valence-electron chi connectivity index (χ1n) is 11.6. The first-order chi connectivity index (χ1) is 14.7. The first kappa shape index (κ1) is 33.7. The zero-order valence-electron chi connectivity index (χ0n) is 19.8. The molecule has 0 aromatic heterocycles. The molecule has 0 amide bonds. The summed E-state index contributed by atoms with van der Waals surface area (Å²) in [6, 6.07) is 0. The molecule has 0 aromatic rings. The summed E-state index contributed by atoms with van der Waals surface area (Å²) in [5, 5.41) is 8.14. The van der Waals surface area contributed by atoms with Gasteiger partial charge in [-0.25, -0.2) is 0 Å². The fraction of sp³-hybridized carbons (Fsp3) is 0.864. The van der Waals surface area contributed by atoms with E-state index < -0.39 is 39.7 Å². The van der Waals surface area contributed by atoms with Gasteiger partial charge in [0.2, 0.25) is 0 Å². The van der Waals surface area contributed by atoms with E-state index in [0.717, 1.165) is 25.7 Å². The molecule has 0 spiro atoms. The van der Waals surface area contributed by atoms with Crippen LogP contribution in [0, 0.1) is 0 Å². The Morgan fingerprint density at radius 2 is 1.16 bits per heavy atom. The number of carbonyl (C=O) groups is 3. The molecule has 0 radical (unpaired) electrons. The monoisotopic (exact) mass is 486 g/mol. The molecule has 0 saturated carbocycles. The molecule has 10 heteroatoms. The number of unbranched alkanes of at least 4 members (excludes halogenated alkanes) is 14. The van der Waals surface area contributed by atoms with Crippen molar-refractivity contribution >= 4 is 28.0 Å². The van der Waals surface area contributed by atoms with E-state index in [2.05, 4.69) is 11.7 Å². The molecular formula is C22H39NaO8S. The number of hydrogen-bond donors (Lipinski definition) is 1. The molecule has 0 rings (SSSR count). The number of carbonyl (C=O) groups excluding carboxylic acids is 3. The number of esters is 2. The summed E-state index contributed by atoms with van der Waals surface area (Å²) in [5.41, 5.74) is 0. The van der Waals surface area contributed by atoms with Gasteiger partial charge in [-0.15, -0.1) is 0 Å². The molecule has 0 aliphatic heterocycles. The zero-order valence-corrected chi connectivity index (χ0v) is 22.6. The molecule has 0 aliphatic carbocycles. The molecule has 0 heterocycles. The van der Waals surface area contributed by atoms with Crippen LogP contribution in [-0.2, 0) is 29.2 Å². The van der Waals surface area contributed by atoms with Crippen molar-refractivity contribution in [3.63, 3.8) is 0 Å². The summed E-state index contributed by atoms with van der Waals surface area (Å²) in [4.78, 5) is 33.7. The Kier molecular flexibility index (Phi) is 22.2. The van der Waals surface area contributed by atoms with Gasteiger partial charge >= 0.3 is 41.5 Å².